The molecule has 4 N–H and O–H groups in total. The van der Waals surface area contributed by atoms with Gasteiger partial charge in [-0.15, -0.1) is 0 Å². The minimum Gasteiger partial charge on any atom is -0.370 e. The minimum atomic E-state index is -4.49. The van der Waals surface area contributed by atoms with Gasteiger partial charge in [-0.1, -0.05) is 6.07 Å². The van der Waals surface area contributed by atoms with Gasteiger partial charge in [0.2, 0.25) is 0 Å². The van der Waals surface area contributed by atoms with Crippen LogP contribution < -0.4 is 11.5 Å². The highest BCUT2D eigenvalue weighted by Gasteiger charge is 2.32. The number of aromatic nitrogens is 1. The Labute approximate surface area is 77.5 Å². The third kappa shape index (κ3) is 2.61. The molecule has 76 valence electrons. The van der Waals surface area contributed by atoms with Crippen molar-refractivity contribution in [3.8, 4) is 0 Å². The van der Waals surface area contributed by atoms with E-state index in [0.29, 0.717) is 0 Å². The average Bonchev–Trinajstić information content (AvgIpc) is 2.01. The number of alkyl halides is 3. The maximum atomic E-state index is 12.1. The van der Waals surface area contributed by atoms with Gasteiger partial charge in [0.05, 0.1) is 0 Å². The lowest BCUT2D eigenvalue weighted by molar-refractivity contribution is -0.141. The molecule has 0 unspecified atom stereocenters. The SMILES string of the molecule is NC(N)=Nc1cccc(C(F)(F)F)n1. The molecule has 0 aromatic carbocycles. The molecule has 4 nitrogen and oxygen atoms in total. The van der Waals surface area contributed by atoms with Gasteiger partial charge < -0.3 is 11.5 Å². The Morgan fingerprint density at radius 2 is 1.93 bits per heavy atom. The van der Waals surface area contributed by atoms with Crippen LogP contribution in [0, 0.1) is 0 Å². The Balaban J connectivity index is 3.08. The lowest BCUT2D eigenvalue weighted by Gasteiger charge is -2.05. The van der Waals surface area contributed by atoms with Gasteiger partial charge in [-0.05, 0) is 12.1 Å². The van der Waals surface area contributed by atoms with E-state index in [0.717, 1.165) is 6.07 Å². The molecule has 0 fully saturated rings. The fourth-order valence-electron chi connectivity index (χ4n) is 0.776. The number of nitrogens with two attached hydrogens (primary N) is 2. The fourth-order valence-corrected chi connectivity index (χ4v) is 0.776. The first-order valence-electron chi connectivity index (χ1n) is 3.53. The average molecular weight is 204 g/mol. The molecule has 0 aliphatic heterocycles. The Hall–Kier alpha value is -1.79. The normalized spacial score (nSPS) is 11.1. The molecule has 0 amide bonds. The third-order valence-electron chi connectivity index (χ3n) is 1.27. The van der Waals surface area contributed by atoms with E-state index in [2.05, 4.69) is 9.98 Å². The largest absolute Gasteiger partial charge is 0.433 e. The van der Waals surface area contributed by atoms with Gasteiger partial charge in [0.1, 0.15) is 5.69 Å². The van der Waals surface area contributed by atoms with E-state index in [9.17, 15) is 13.2 Å². The van der Waals surface area contributed by atoms with Crippen LogP contribution in [0.4, 0.5) is 19.0 Å². The summed E-state index contributed by atoms with van der Waals surface area (Å²) in [6.07, 6.45) is -4.49. The zero-order chi connectivity index (χ0) is 10.8. The van der Waals surface area contributed by atoms with Crippen molar-refractivity contribution in [2.75, 3.05) is 0 Å². The molecule has 0 atom stereocenters. The molecular formula is C7H7F3N4. The lowest BCUT2D eigenvalue weighted by Crippen LogP contribution is -2.22. The maximum absolute atomic E-state index is 12.1. The van der Waals surface area contributed by atoms with E-state index >= 15 is 0 Å². The van der Waals surface area contributed by atoms with Crippen LogP contribution in [0.5, 0.6) is 0 Å². The quantitative estimate of drug-likeness (QED) is 0.529. The number of nitrogens with zero attached hydrogens (tertiary/aromatic N) is 2. The molecule has 1 aromatic rings. The minimum absolute atomic E-state index is 0.167. The molecule has 0 bridgehead atoms. The van der Waals surface area contributed by atoms with Crippen molar-refractivity contribution >= 4 is 11.8 Å². The molecule has 0 spiro atoms. The fraction of sp³-hybridized carbons (Fsp3) is 0.143. The summed E-state index contributed by atoms with van der Waals surface area (Å²) >= 11 is 0. The number of hydrogen-bond donors (Lipinski definition) is 2. The molecule has 1 rings (SSSR count). The van der Waals surface area contributed by atoms with Crippen LogP contribution >= 0.6 is 0 Å². The molecule has 1 heterocycles. The summed E-state index contributed by atoms with van der Waals surface area (Å²) in [6.45, 7) is 0. The first kappa shape index (κ1) is 10.3. The number of pyridine rings is 1. The van der Waals surface area contributed by atoms with Crippen LogP contribution in [-0.2, 0) is 6.18 Å². The number of aliphatic imine (C=N–C) groups is 1. The zero-order valence-corrected chi connectivity index (χ0v) is 6.92. The Bertz CT molecular complexity index is 354. The highest BCUT2D eigenvalue weighted by atomic mass is 19.4. The Kier molecular flexibility index (Phi) is 2.59. The van der Waals surface area contributed by atoms with Crippen molar-refractivity contribution in [3.05, 3.63) is 23.9 Å². The molecular weight excluding hydrogens is 197 g/mol. The predicted octanol–water partition coefficient (Wildman–Crippen LogP) is 1.01. The van der Waals surface area contributed by atoms with Gasteiger partial charge in [0.25, 0.3) is 0 Å². The van der Waals surface area contributed by atoms with Crippen LogP contribution in [0.3, 0.4) is 0 Å². The molecule has 0 saturated heterocycles. The maximum Gasteiger partial charge on any atom is 0.433 e. The third-order valence-corrected chi connectivity index (χ3v) is 1.27. The predicted molar refractivity (Wildman–Crippen MR) is 44.7 cm³/mol. The van der Waals surface area contributed by atoms with Crippen LogP contribution in [-0.4, -0.2) is 10.9 Å². The van der Waals surface area contributed by atoms with Crippen LogP contribution in [0.15, 0.2) is 23.2 Å². The van der Waals surface area contributed by atoms with Gasteiger partial charge >= 0.3 is 6.18 Å². The molecule has 7 heteroatoms. The highest BCUT2D eigenvalue weighted by Crippen LogP contribution is 2.28. The van der Waals surface area contributed by atoms with Gasteiger partial charge in [0.15, 0.2) is 11.8 Å². The van der Waals surface area contributed by atoms with E-state index < -0.39 is 11.9 Å². The topological polar surface area (TPSA) is 77.3 Å². The van der Waals surface area contributed by atoms with Crippen molar-refractivity contribution in [3.63, 3.8) is 0 Å². The standard InChI is InChI=1S/C7H7F3N4/c8-7(9,10)4-2-1-3-5(13-4)14-6(11)12/h1-3H,(H4,11,12,13,14). The van der Waals surface area contributed by atoms with E-state index in [1.54, 1.807) is 0 Å². The lowest BCUT2D eigenvalue weighted by atomic mass is 10.3. The highest BCUT2D eigenvalue weighted by molar-refractivity contribution is 5.78. The van der Waals surface area contributed by atoms with Crippen LogP contribution in [0.25, 0.3) is 0 Å². The second-order valence-corrected chi connectivity index (χ2v) is 2.42. The first-order chi connectivity index (χ1) is 6.39. The second-order valence-electron chi connectivity index (χ2n) is 2.42. The number of hydrogen-bond acceptors (Lipinski definition) is 2. The van der Waals surface area contributed by atoms with Gasteiger partial charge in [-0.25, -0.2) is 4.98 Å². The number of halogens is 3. The van der Waals surface area contributed by atoms with E-state index in [-0.39, 0.29) is 11.8 Å². The van der Waals surface area contributed by atoms with Gasteiger partial charge in [-0.2, -0.15) is 18.2 Å². The molecule has 0 aliphatic rings. The first-order valence-corrected chi connectivity index (χ1v) is 3.53. The van der Waals surface area contributed by atoms with E-state index in [1.165, 1.54) is 12.1 Å². The van der Waals surface area contributed by atoms with Crippen molar-refractivity contribution in [1.82, 2.24) is 4.98 Å². The summed E-state index contributed by atoms with van der Waals surface area (Å²) < 4.78 is 36.4. The molecule has 14 heavy (non-hydrogen) atoms. The van der Waals surface area contributed by atoms with Gasteiger partial charge in [0, 0.05) is 0 Å². The molecule has 0 radical (unpaired) electrons. The zero-order valence-electron chi connectivity index (χ0n) is 6.92. The van der Waals surface area contributed by atoms with Crippen molar-refractivity contribution in [2.24, 2.45) is 16.5 Å². The van der Waals surface area contributed by atoms with Gasteiger partial charge in [-0.3, -0.25) is 0 Å². The molecule has 0 saturated carbocycles. The van der Waals surface area contributed by atoms with Crippen molar-refractivity contribution in [1.29, 1.82) is 0 Å². The Morgan fingerprint density at radius 3 is 2.43 bits per heavy atom. The van der Waals surface area contributed by atoms with Crippen LogP contribution in [0.2, 0.25) is 0 Å². The molecule has 0 aliphatic carbocycles. The van der Waals surface area contributed by atoms with Crippen LogP contribution in [0.1, 0.15) is 5.69 Å². The number of guanidine groups is 1. The van der Waals surface area contributed by atoms with E-state index in [4.69, 9.17) is 11.5 Å². The summed E-state index contributed by atoms with van der Waals surface area (Å²) in [6, 6.07) is 3.29. The van der Waals surface area contributed by atoms with Crippen molar-refractivity contribution in [2.45, 2.75) is 6.18 Å². The summed E-state index contributed by atoms with van der Waals surface area (Å²) in [4.78, 5) is 6.61. The summed E-state index contributed by atoms with van der Waals surface area (Å²) in [5.41, 5.74) is 8.95. The number of rotatable bonds is 1. The monoisotopic (exact) mass is 204 g/mol. The molecule has 1 aromatic heterocycles. The summed E-state index contributed by atoms with van der Waals surface area (Å²) in [5, 5.41) is 0. The second kappa shape index (κ2) is 3.52. The summed E-state index contributed by atoms with van der Waals surface area (Å²) in [5.74, 6) is -0.503. The summed E-state index contributed by atoms with van der Waals surface area (Å²) in [7, 11) is 0. The Morgan fingerprint density at radius 1 is 1.29 bits per heavy atom. The van der Waals surface area contributed by atoms with Crippen molar-refractivity contribution < 1.29 is 13.2 Å². The van der Waals surface area contributed by atoms with E-state index in [1.807, 2.05) is 0 Å². The smallest absolute Gasteiger partial charge is 0.370 e.